The number of phenolic OH excluding ortho intramolecular Hbond substituents is 1. The van der Waals surface area contributed by atoms with Gasteiger partial charge in [0.1, 0.15) is 31.8 Å². The number of rotatable bonds is 11. The van der Waals surface area contributed by atoms with E-state index in [2.05, 4.69) is 36.3 Å². The Morgan fingerprint density at radius 2 is 1.28 bits per heavy atom. The predicted octanol–water partition coefficient (Wildman–Crippen LogP) is 6.52. The molecular weight excluding hydrogens is 807 g/mol. The molecule has 0 amide bonds. The van der Waals surface area contributed by atoms with Crippen molar-refractivity contribution >= 4 is 99.1 Å². The third-order valence-electron chi connectivity index (χ3n) is 7.86. The molecule has 0 saturated carbocycles. The Hall–Kier alpha value is -6.89. The molecule has 0 fully saturated rings. The molecule has 1 aliphatic rings. The zero-order chi connectivity index (χ0) is 41.3. The molecule has 0 heterocycles. The topological polar surface area (TPSA) is 338 Å². The quantitative estimate of drug-likeness (QED) is 0.0304. The van der Waals surface area contributed by atoms with Crippen LogP contribution < -0.4 is 22.2 Å². The van der Waals surface area contributed by atoms with Crippen LogP contribution in [0.25, 0.3) is 6.08 Å². The van der Waals surface area contributed by atoms with Crippen molar-refractivity contribution in [3.63, 3.8) is 0 Å². The lowest BCUT2D eigenvalue weighted by atomic mass is 9.92. The van der Waals surface area contributed by atoms with E-state index in [0.29, 0.717) is 28.8 Å². The van der Waals surface area contributed by atoms with Gasteiger partial charge < -0.3 is 21.9 Å². The molecule has 0 saturated heterocycles. The van der Waals surface area contributed by atoms with Crippen LogP contribution in [0.1, 0.15) is 15.9 Å². The Morgan fingerprint density at radius 1 is 0.632 bits per heavy atom. The van der Waals surface area contributed by atoms with Crippen LogP contribution >= 0.6 is 0 Å². The van der Waals surface area contributed by atoms with E-state index in [0.717, 1.165) is 12.1 Å². The summed E-state index contributed by atoms with van der Waals surface area (Å²) in [6.07, 6.45) is 0.722. The lowest BCUT2D eigenvalue weighted by Crippen LogP contribution is -2.28. The first-order valence-electron chi connectivity index (χ1n) is 15.8. The fourth-order valence-corrected chi connectivity index (χ4v) is 7.24. The molecule has 23 heteroatoms. The molecule has 10 N–H and O–H groups in total. The molecule has 0 unspecified atom stereocenters. The van der Waals surface area contributed by atoms with Crippen molar-refractivity contribution in [2.45, 2.75) is 9.79 Å². The van der Waals surface area contributed by atoms with Crippen LogP contribution in [-0.2, 0) is 30.4 Å². The lowest BCUT2D eigenvalue weighted by molar-refractivity contribution is 0.106. The second-order valence-corrected chi connectivity index (χ2v) is 16.0. The van der Waals surface area contributed by atoms with Crippen LogP contribution in [0.2, 0.25) is 0 Å². The Kier molecular flexibility index (Phi) is 10.7. The number of ketones is 1. The molecule has 0 aromatic heterocycles. The highest BCUT2D eigenvalue weighted by molar-refractivity contribution is 7.91. The highest BCUT2D eigenvalue weighted by Crippen LogP contribution is 2.41. The van der Waals surface area contributed by atoms with Crippen molar-refractivity contribution in [1.29, 1.82) is 0 Å². The zero-order valence-electron chi connectivity index (χ0n) is 28.6. The number of carbonyl (C=O) groups is 1. The van der Waals surface area contributed by atoms with E-state index in [9.17, 15) is 48.8 Å². The molecule has 0 radical (unpaired) electrons. The van der Waals surface area contributed by atoms with Gasteiger partial charge >= 0.3 is 0 Å². The number of anilines is 5. The summed E-state index contributed by atoms with van der Waals surface area (Å²) in [5, 5.41) is 31.9. The van der Waals surface area contributed by atoms with E-state index in [1.54, 1.807) is 18.2 Å². The maximum Gasteiger partial charge on any atom is 0.296 e. The fraction of sp³-hybridized carbons (Fsp3) is 0. The number of para-hydroxylation sites is 1. The van der Waals surface area contributed by atoms with Crippen molar-refractivity contribution in [3.8, 4) is 5.75 Å². The molecule has 292 valence electrons. The number of nitrogen functional groups attached to an aromatic ring is 2. The largest absolute Gasteiger partial charge is 0.508 e. The van der Waals surface area contributed by atoms with E-state index in [1.165, 1.54) is 66.7 Å². The Labute approximate surface area is 323 Å². The maximum absolute atomic E-state index is 13.7. The molecule has 0 aliphatic heterocycles. The lowest BCUT2D eigenvalue weighted by Gasteiger charge is -2.20. The number of hydrazone groups is 1. The summed E-state index contributed by atoms with van der Waals surface area (Å²) in [5.74, 6) is -1.23. The van der Waals surface area contributed by atoms with Gasteiger partial charge in [0, 0.05) is 11.8 Å². The van der Waals surface area contributed by atoms with Crippen LogP contribution in [-0.4, -0.2) is 55.5 Å². The van der Waals surface area contributed by atoms with E-state index < -0.39 is 79.0 Å². The minimum Gasteiger partial charge on any atom is -0.508 e. The van der Waals surface area contributed by atoms with Gasteiger partial charge in [-0.3, -0.25) is 23.9 Å². The summed E-state index contributed by atoms with van der Waals surface area (Å²) in [5.41, 5.74) is 12.4. The van der Waals surface area contributed by atoms with Gasteiger partial charge in [0.05, 0.1) is 39.7 Å². The number of carbonyl (C=O) groups excluding carboxylic acids is 1. The van der Waals surface area contributed by atoms with Gasteiger partial charge in [0.25, 0.3) is 30.4 Å². The Balaban J connectivity index is 1.34. The number of aromatic hydroxyl groups is 1. The zero-order valence-corrected chi connectivity index (χ0v) is 31.0. The predicted molar refractivity (Wildman–Crippen MR) is 209 cm³/mol. The summed E-state index contributed by atoms with van der Waals surface area (Å²) in [6, 6.07) is 22.2. The second kappa shape index (κ2) is 15.3. The summed E-state index contributed by atoms with van der Waals surface area (Å²) >= 11 is 0. The standard InChI is InChI=1S/C34H27N9O11S3/c35-24-17-23(44)11-13-25(24)41-38-21-8-6-19(7-9-21)37-26-12-10-22(16-27(26)55(46,47)48)40-42-32-28(56(49,50)51)14-18-15-29(57(52,53)54)33(34(45)30(18)31(32)36)43-39-20-4-2-1-3-5-20/h1-17,37,39,44H,35-36H2,(H,46,47,48)(H,49,50,51)(H,52,53,54)/b41-38?,42-40?,43-33+. The first-order chi connectivity index (χ1) is 26.8. The normalized spacial score (nSPS) is 14.2. The van der Waals surface area contributed by atoms with Gasteiger partial charge in [0.2, 0.25) is 5.78 Å². The molecule has 5 aromatic carbocycles. The minimum absolute atomic E-state index is 0.0396. The molecule has 1 aliphatic carbocycles. The average molecular weight is 834 g/mol. The van der Waals surface area contributed by atoms with Gasteiger partial charge in [-0.25, -0.2) is 0 Å². The first-order valence-corrected chi connectivity index (χ1v) is 20.1. The third kappa shape index (κ3) is 8.99. The number of azo groups is 2. The number of nitrogens with one attached hydrogen (secondary N) is 2. The average Bonchev–Trinajstić information content (AvgIpc) is 3.13. The van der Waals surface area contributed by atoms with Gasteiger partial charge in [-0.15, -0.1) is 10.2 Å². The number of allylic oxidation sites excluding steroid dienone is 1. The fourth-order valence-electron chi connectivity index (χ4n) is 5.24. The number of nitrogens with two attached hydrogens (primary N) is 2. The number of hydrogen-bond acceptors (Lipinski definition) is 17. The van der Waals surface area contributed by atoms with Gasteiger partial charge in [0.15, 0.2) is 5.71 Å². The molecule has 6 rings (SSSR count). The Bertz CT molecular complexity index is 2920. The molecule has 0 bridgehead atoms. The number of phenols is 1. The van der Waals surface area contributed by atoms with Crippen LogP contribution in [0.4, 0.5) is 51.2 Å². The summed E-state index contributed by atoms with van der Waals surface area (Å²) in [4.78, 5) is 11.0. The number of nitrogens with zero attached hydrogens (tertiary/aromatic N) is 5. The number of Topliss-reactive ketones (excluding diaryl/α,β-unsaturated/α-hetero) is 1. The smallest absolute Gasteiger partial charge is 0.296 e. The van der Waals surface area contributed by atoms with E-state index in [-0.39, 0.29) is 22.8 Å². The highest BCUT2D eigenvalue weighted by Gasteiger charge is 2.37. The number of fused-ring (bicyclic) bond motifs is 1. The van der Waals surface area contributed by atoms with E-state index in [4.69, 9.17) is 11.5 Å². The van der Waals surface area contributed by atoms with E-state index >= 15 is 0 Å². The van der Waals surface area contributed by atoms with Gasteiger partial charge in [-0.2, -0.15) is 40.6 Å². The molecule has 20 nitrogen and oxygen atoms in total. The summed E-state index contributed by atoms with van der Waals surface area (Å²) in [6.45, 7) is 0. The van der Waals surface area contributed by atoms with Crippen LogP contribution in [0.5, 0.6) is 5.75 Å². The van der Waals surface area contributed by atoms with Gasteiger partial charge in [-0.05, 0) is 84.4 Å². The third-order valence-corrected chi connectivity index (χ3v) is 10.5. The summed E-state index contributed by atoms with van der Waals surface area (Å²) in [7, 11) is -15.3. The van der Waals surface area contributed by atoms with Crippen molar-refractivity contribution in [2.75, 3.05) is 22.2 Å². The van der Waals surface area contributed by atoms with Crippen LogP contribution in [0.15, 0.2) is 137 Å². The van der Waals surface area contributed by atoms with Crippen molar-refractivity contribution < 1.29 is 48.8 Å². The SMILES string of the molecule is Nc1cc(O)ccc1N=Nc1ccc(Nc2ccc(N=Nc3c(S(=O)(=O)O)cc4c(c3N)C(=O)/C(=N/Nc3ccccc3)C(S(=O)(=O)O)=C4)cc2S(=O)(=O)O)cc1. The maximum atomic E-state index is 13.7. The number of benzene rings is 5. The molecular formula is C34H27N9O11S3. The van der Waals surface area contributed by atoms with Gasteiger partial charge in [-0.1, -0.05) is 18.2 Å². The second-order valence-electron chi connectivity index (χ2n) is 11.8. The Morgan fingerprint density at radius 3 is 1.91 bits per heavy atom. The van der Waals surface area contributed by atoms with Crippen LogP contribution in [0.3, 0.4) is 0 Å². The number of hydrogen-bond donors (Lipinski definition) is 8. The highest BCUT2D eigenvalue weighted by atomic mass is 32.2. The van der Waals surface area contributed by atoms with E-state index in [1.807, 2.05) is 0 Å². The monoisotopic (exact) mass is 833 g/mol. The first kappa shape index (κ1) is 39.8. The molecule has 0 atom stereocenters. The minimum atomic E-state index is -5.22. The van der Waals surface area contributed by atoms with Crippen molar-refractivity contribution in [3.05, 3.63) is 113 Å². The van der Waals surface area contributed by atoms with Crippen molar-refractivity contribution in [2.24, 2.45) is 25.6 Å². The van der Waals surface area contributed by atoms with Crippen LogP contribution in [0, 0.1) is 0 Å². The van der Waals surface area contributed by atoms with Crippen molar-refractivity contribution in [1.82, 2.24) is 0 Å². The summed E-state index contributed by atoms with van der Waals surface area (Å²) < 4.78 is 104. The molecule has 5 aromatic rings. The molecule has 0 spiro atoms. The molecule has 57 heavy (non-hydrogen) atoms.